The van der Waals surface area contributed by atoms with Crippen LogP contribution in [0, 0.1) is 0 Å². The number of hydrogen-bond donors (Lipinski definition) is 3. The van der Waals surface area contributed by atoms with Gasteiger partial charge in [0.15, 0.2) is 0 Å². The molecule has 1 amide bonds. The topological polar surface area (TPSA) is 82.2 Å². The van der Waals surface area contributed by atoms with Gasteiger partial charge in [-0.1, -0.05) is 25.5 Å². The van der Waals surface area contributed by atoms with Crippen molar-refractivity contribution in [3.63, 3.8) is 0 Å². The number of amides is 1. The second kappa shape index (κ2) is 6.74. The minimum absolute atomic E-state index is 0.0321. The molecule has 0 saturated heterocycles. The van der Waals surface area contributed by atoms with Crippen molar-refractivity contribution in [1.29, 1.82) is 0 Å². The predicted molar refractivity (Wildman–Crippen MR) is 81.7 cm³/mol. The molecular weight excluding hydrogens is 268 g/mol. The highest BCUT2D eigenvalue weighted by Gasteiger charge is 2.11. The average molecular weight is 286 g/mol. The molecule has 0 aliphatic heterocycles. The van der Waals surface area contributed by atoms with Crippen molar-refractivity contribution in [3.8, 4) is 5.75 Å². The smallest absolute Gasteiger partial charge is 0.260 e. The van der Waals surface area contributed by atoms with E-state index in [-0.39, 0.29) is 11.3 Å². The van der Waals surface area contributed by atoms with E-state index in [9.17, 15) is 14.7 Å². The highest BCUT2D eigenvalue weighted by molar-refractivity contribution is 6.05. The van der Waals surface area contributed by atoms with E-state index in [1.807, 2.05) is 24.3 Å². The third kappa shape index (κ3) is 3.95. The highest BCUT2D eigenvalue weighted by Crippen LogP contribution is 2.16. The largest absolute Gasteiger partial charge is 0.507 e. The normalized spacial score (nSPS) is 10.3. The van der Waals surface area contributed by atoms with E-state index < -0.39 is 11.5 Å². The standard InChI is InChI=1S/C16H18N2O3/c1-2-3-4-11-5-7-12(8-6-11)18-16(21)13-10-17-15(20)9-14(13)19/h5-10H,2-4H2,1H3,(H,18,21)(H2,17,19,20). The van der Waals surface area contributed by atoms with E-state index in [1.54, 1.807) is 0 Å². The van der Waals surface area contributed by atoms with Crippen LogP contribution in [0.3, 0.4) is 0 Å². The number of benzene rings is 1. The molecule has 0 atom stereocenters. The summed E-state index contributed by atoms with van der Waals surface area (Å²) in [7, 11) is 0. The number of pyridine rings is 1. The molecule has 0 fully saturated rings. The Kier molecular flexibility index (Phi) is 4.77. The summed E-state index contributed by atoms with van der Waals surface area (Å²) in [5.41, 5.74) is 1.45. The number of nitrogens with one attached hydrogen (secondary N) is 2. The maximum absolute atomic E-state index is 12.0. The van der Waals surface area contributed by atoms with Gasteiger partial charge in [-0.2, -0.15) is 0 Å². The van der Waals surface area contributed by atoms with Gasteiger partial charge in [0.25, 0.3) is 11.5 Å². The third-order valence-electron chi connectivity index (χ3n) is 3.18. The van der Waals surface area contributed by atoms with Crippen LogP contribution in [0.5, 0.6) is 5.75 Å². The van der Waals surface area contributed by atoms with Crippen molar-refractivity contribution in [1.82, 2.24) is 4.98 Å². The van der Waals surface area contributed by atoms with Crippen LogP contribution in [0.1, 0.15) is 35.7 Å². The fraction of sp³-hybridized carbons (Fsp3) is 0.250. The molecule has 1 aromatic carbocycles. The van der Waals surface area contributed by atoms with Crippen molar-refractivity contribution in [2.75, 3.05) is 5.32 Å². The zero-order valence-electron chi connectivity index (χ0n) is 11.8. The van der Waals surface area contributed by atoms with Crippen molar-refractivity contribution >= 4 is 11.6 Å². The molecule has 0 bridgehead atoms. The van der Waals surface area contributed by atoms with E-state index in [1.165, 1.54) is 11.8 Å². The summed E-state index contributed by atoms with van der Waals surface area (Å²) >= 11 is 0. The van der Waals surface area contributed by atoms with Gasteiger partial charge in [-0.05, 0) is 30.5 Å². The lowest BCUT2D eigenvalue weighted by Crippen LogP contribution is -2.15. The lowest BCUT2D eigenvalue weighted by molar-refractivity contribution is 0.102. The Hall–Kier alpha value is -2.56. The van der Waals surface area contributed by atoms with Gasteiger partial charge < -0.3 is 15.4 Å². The molecule has 0 aliphatic rings. The molecule has 1 heterocycles. The summed E-state index contributed by atoms with van der Waals surface area (Å²) < 4.78 is 0. The van der Waals surface area contributed by atoms with Crippen LogP contribution in [-0.4, -0.2) is 16.0 Å². The Morgan fingerprint density at radius 1 is 1.29 bits per heavy atom. The molecule has 2 rings (SSSR count). The maximum Gasteiger partial charge on any atom is 0.260 e. The minimum Gasteiger partial charge on any atom is -0.507 e. The molecular formula is C16H18N2O3. The number of H-pyrrole nitrogens is 1. The van der Waals surface area contributed by atoms with E-state index in [2.05, 4.69) is 17.2 Å². The van der Waals surface area contributed by atoms with Gasteiger partial charge in [-0.3, -0.25) is 9.59 Å². The molecule has 110 valence electrons. The molecule has 0 spiro atoms. The Morgan fingerprint density at radius 2 is 2.00 bits per heavy atom. The molecule has 3 N–H and O–H groups in total. The van der Waals surface area contributed by atoms with Crippen LogP contribution < -0.4 is 10.9 Å². The molecule has 21 heavy (non-hydrogen) atoms. The first kappa shape index (κ1) is 14.8. The van der Waals surface area contributed by atoms with Gasteiger partial charge in [-0.15, -0.1) is 0 Å². The molecule has 0 radical (unpaired) electrons. The van der Waals surface area contributed by atoms with Gasteiger partial charge in [-0.25, -0.2) is 0 Å². The summed E-state index contributed by atoms with van der Waals surface area (Å²) in [6, 6.07) is 8.57. The predicted octanol–water partition coefficient (Wildman–Crippen LogP) is 2.68. The van der Waals surface area contributed by atoms with Crippen LogP contribution in [0.4, 0.5) is 5.69 Å². The summed E-state index contributed by atoms with van der Waals surface area (Å²) in [6.45, 7) is 2.14. The van der Waals surface area contributed by atoms with Crippen LogP contribution >= 0.6 is 0 Å². The first-order chi connectivity index (χ1) is 10.1. The number of carbonyl (C=O) groups is 1. The molecule has 0 unspecified atom stereocenters. The van der Waals surface area contributed by atoms with E-state index in [0.717, 1.165) is 25.3 Å². The second-order valence-electron chi connectivity index (χ2n) is 4.85. The van der Waals surface area contributed by atoms with Gasteiger partial charge in [0, 0.05) is 18.0 Å². The zero-order valence-corrected chi connectivity index (χ0v) is 11.8. The molecule has 0 saturated carbocycles. The number of aromatic hydroxyl groups is 1. The SMILES string of the molecule is CCCCc1ccc(NC(=O)c2c[nH]c(=O)cc2O)cc1. The average Bonchev–Trinajstić information content (AvgIpc) is 2.46. The number of aromatic nitrogens is 1. The van der Waals surface area contributed by atoms with Crippen molar-refractivity contribution < 1.29 is 9.90 Å². The van der Waals surface area contributed by atoms with Gasteiger partial charge in [0.1, 0.15) is 5.75 Å². The first-order valence-corrected chi connectivity index (χ1v) is 6.92. The van der Waals surface area contributed by atoms with Crippen LogP contribution in [0.15, 0.2) is 41.3 Å². The Labute approximate surface area is 122 Å². The lowest BCUT2D eigenvalue weighted by atomic mass is 10.1. The molecule has 0 aliphatic carbocycles. The number of aromatic amines is 1. The van der Waals surface area contributed by atoms with Crippen LogP contribution in [0.2, 0.25) is 0 Å². The van der Waals surface area contributed by atoms with E-state index >= 15 is 0 Å². The Balaban J connectivity index is 2.07. The number of anilines is 1. The molecule has 5 heteroatoms. The van der Waals surface area contributed by atoms with Crippen molar-refractivity contribution in [3.05, 3.63) is 58.0 Å². The number of rotatable bonds is 5. The van der Waals surface area contributed by atoms with Gasteiger partial charge >= 0.3 is 0 Å². The summed E-state index contributed by atoms with van der Waals surface area (Å²) in [6.07, 6.45) is 4.50. The quantitative estimate of drug-likeness (QED) is 0.790. The first-order valence-electron chi connectivity index (χ1n) is 6.92. The van der Waals surface area contributed by atoms with E-state index in [4.69, 9.17) is 0 Å². The fourth-order valence-electron chi connectivity index (χ4n) is 1.98. The van der Waals surface area contributed by atoms with E-state index in [0.29, 0.717) is 5.69 Å². The van der Waals surface area contributed by atoms with Crippen molar-refractivity contribution in [2.24, 2.45) is 0 Å². The molecule has 2 aromatic rings. The summed E-state index contributed by atoms with van der Waals surface area (Å²) in [5.74, 6) is -0.805. The monoisotopic (exact) mass is 286 g/mol. The molecule has 5 nitrogen and oxygen atoms in total. The summed E-state index contributed by atoms with van der Waals surface area (Å²) in [5, 5.41) is 12.3. The number of unbranched alkanes of at least 4 members (excludes halogenated alkanes) is 1. The lowest BCUT2D eigenvalue weighted by Gasteiger charge is -2.07. The van der Waals surface area contributed by atoms with Crippen molar-refractivity contribution in [2.45, 2.75) is 26.2 Å². The number of carbonyl (C=O) groups excluding carboxylic acids is 1. The number of hydrogen-bond acceptors (Lipinski definition) is 3. The Bertz CT molecular complexity index is 675. The third-order valence-corrected chi connectivity index (χ3v) is 3.18. The minimum atomic E-state index is -0.468. The molecule has 1 aromatic heterocycles. The van der Waals surface area contributed by atoms with Gasteiger partial charge in [0.05, 0.1) is 5.56 Å². The van der Waals surface area contributed by atoms with Gasteiger partial charge in [0.2, 0.25) is 0 Å². The van der Waals surface area contributed by atoms with Crippen LogP contribution in [-0.2, 0) is 6.42 Å². The second-order valence-corrected chi connectivity index (χ2v) is 4.85. The Morgan fingerprint density at radius 3 is 2.62 bits per heavy atom. The fourth-order valence-corrected chi connectivity index (χ4v) is 1.98. The van der Waals surface area contributed by atoms with Crippen LogP contribution in [0.25, 0.3) is 0 Å². The number of aryl methyl sites for hydroxylation is 1. The highest BCUT2D eigenvalue weighted by atomic mass is 16.3. The summed E-state index contributed by atoms with van der Waals surface area (Å²) in [4.78, 5) is 25.4. The zero-order chi connectivity index (χ0) is 15.2. The maximum atomic E-state index is 12.0.